The van der Waals surface area contributed by atoms with E-state index in [-0.39, 0.29) is 0 Å². The first-order chi connectivity index (χ1) is 7.79. The van der Waals surface area contributed by atoms with Gasteiger partial charge in [-0.05, 0) is 51.4 Å². The molecule has 89 valence electrons. The van der Waals surface area contributed by atoms with Gasteiger partial charge in [0.1, 0.15) is 5.78 Å². The van der Waals surface area contributed by atoms with Crippen LogP contribution in [-0.4, -0.2) is 5.78 Å². The number of unbranched alkanes of at least 4 members (excludes halogenated alkanes) is 5. The van der Waals surface area contributed by atoms with Gasteiger partial charge in [0, 0.05) is 6.42 Å². The van der Waals surface area contributed by atoms with Crippen LogP contribution < -0.4 is 0 Å². The third-order valence-corrected chi connectivity index (χ3v) is 2.98. The molecule has 1 rings (SSSR count). The third-order valence-electron chi connectivity index (χ3n) is 2.98. The van der Waals surface area contributed by atoms with Crippen molar-refractivity contribution in [3.63, 3.8) is 0 Å². The molecule has 0 heterocycles. The molecule has 0 aromatic carbocycles. The average Bonchev–Trinajstić information content (AvgIpc) is 2.74. The first kappa shape index (κ1) is 13.7. The van der Waals surface area contributed by atoms with Gasteiger partial charge in [-0.25, -0.2) is 0 Å². The molecule has 1 aliphatic rings. The van der Waals surface area contributed by atoms with Crippen LogP contribution in [0.5, 0.6) is 0 Å². The van der Waals surface area contributed by atoms with Crippen molar-refractivity contribution in [2.75, 3.05) is 0 Å². The van der Waals surface area contributed by atoms with Crippen molar-refractivity contribution in [1.29, 1.82) is 0 Å². The minimum absolute atomic E-state index is 0.330. The second kappa shape index (κ2) is 8.78. The molecule has 0 amide bonds. The third kappa shape index (κ3) is 7.03. The normalized spacial score (nSPS) is 16.8. The van der Waals surface area contributed by atoms with Gasteiger partial charge in [-0.2, -0.15) is 0 Å². The van der Waals surface area contributed by atoms with E-state index in [1.165, 1.54) is 44.4 Å². The standard InChI is InChI=1S/C15H23O/c1-14(16)10-6-4-2-3-5-7-11-15-12-8-9-13-15/h8-9,12-13H,2-7,10-11H2,1H3. The molecule has 0 aliphatic heterocycles. The Morgan fingerprint density at radius 2 is 1.50 bits per heavy atom. The Morgan fingerprint density at radius 1 is 0.938 bits per heavy atom. The molecule has 0 unspecified atom stereocenters. The molecule has 0 bridgehead atoms. The smallest absolute Gasteiger partial charge is 0.129 e. The monoisotopic (exact) mass is 219 g/mol. The van der Waals surface area contributed by atoms with Crippen LogP contribution in [0.4, 0.5) is 0 Å². The lowest BCUT2D eigenvalue weighted by atomic mass is 9.99. The Kier molecular flexibility index (Phi) is 7.54. The minimum atomic E-state index is 0.330. The van der Waals surface area contributed by atoms with Crippen LogP contribution in [0.15, 0.2) is 0 Å². The summed E-state index contributed by atoms with van der Waals surface area (Å²) in [6.07, 6.45) is 18.1. The molecular formula is C15H23O. The fourth-order valence-corrected chi connectivity index (χ4v) is 1.99. The van der Waals surface area contributed by atoms with Gasteiger partial charge < -0.3 is 4.79 Å². The molecule has 0 atom stereocenters. The quantitative estimate of drug-likeness (QED) is 0.533. The summed E-state index contributed by atoms with van der Waals surface area (Å²) in [4.78, 5) is 10.7. The number of hydrogen-bond donors (Lipinski definition) is 0. The van der Waals surface area contributed by atoms with Gasteiger partial charge in [0.25, 0.3) is 0 Å². The van der Waals surface area contributed by atoms with Crippen molar-refractivity contribution >= 4 is 5.78 Å². The van der Waals surface area contributed by atoms with Gasteiger partial charge >= 0.3 is 0 Å². The van der Waals surface area contributed by atoms with Crippen molar-refractivity contribution in [3.05, 3.63) is 31.6 Å². The summed E-state index contributed by atoms with van der Waals surface area (Å²) in [6.45, 7) is 1.68. The van der Waals surface area contributed by atoms with E-state index < -0.39 is 0 Å². The summed E-state index contributed by atoms with van der Waals surface area (Å²) in [5.74, 6) is 1.80. The van der Waals surface area contributed by atoms with E-state index >= 15 is 0 Å². The first-order valence-corrected chi connectivity index (χ1v) is 6.49. The number of carbonyl (C=O) groups excluding carboxylic acids is 1. The van der Waals surface area contributed by atoms with Gasteiger partial charge in [0.15, 0.2) is 0 Å². The van der Waals surface area contributed by atoms with Crippen molar-refractivity contribution < 1.29 is 4.79 Å². The summed E-state index contributed by atoms with van der Waals surface area (Å²) >= 11 is 0. The lowest BCUT2D eigenvalue weighted by molar-refractivity contribution is -0.117. The van der Waals surface area contributed by atoms with E-state index in [4.69, 9.17) is 0 Å². The van der Waals surface area contributed by atoms with E-state index in [1.54, 1.807) is 6.92 Å². The Morgan fingerprint density at radius 3 is 2.12 bits per heavy atom. The molecule has 1 fully saturated rings. The topological polar surface area (TPSA) is 17.1 Å². The maximum atomic E-state index is 10.7. The Bertz CT molecular complexity index is 180. The fourth-order valence-electron chi connectivity index (χ4n) is 1.99. The molecular weight excluding hydrogens is 196 g/mol. The zero-order valence-electron chi connectivity index (χ0n) is 10.4. The van der Waals surface area contributed by atoms with E-state index in [1.807, 2.05) is 0 Å². The van der Waals surface area contributed by atoms with Gasteiger partial charge in [-0.1, -0.05) is 32.1 Å². The highest BCUT2D eigenvalue weighted by molar-refractivity contribution is 5.75. The highest BCUT2D eigenvalue weighted by Crippen LogP contribution is 2.28. The molecule has 0 aromatic heterocycles. The van der Waals surface area contributed by atoms with Gasteiger partial charge in [-0.15, -0.1) is 0 Å². The second-order valence-electron chi connectivity index (χ2n) is 4.62. The van der Waals surface area contributed by atoms with Crippen LogP contribution >= 0.6 is 0 Å². The zero-order valence-corrected chi connectivity index (χ0v) is 10.4. The second-order valence-corrected chi connectivity index (χ2v) is 4.62. The van der Waals surface area contributed by atoms with Crippen molar-refractivity contribution in [2.45, 2.75) is 58.3 Å². The molecule has 1 heteroatoms. The first-order valence-electron chi connectivity index (χ1n) is 6.49. The van der Waals surface area contributed by atoms with Gasteiger partial charge in [-0.3, -0.25) is 0 Å². The van der Waals surface area contributed by atoms with Crippen molar-refractivity contribution in [1.82, 2.24) is 0 Å². The number of Topliss-reactive ketones (excluding diaryl/α,β-unsaturated/α-hetero) is 1. The van der Waals surface area contributed by atoms with E-state index in [9.17, 15) is 4.79 Å². The molecule has 16 heavy (non-hydrogen) atoms. The maximum Gasteiger partial charge on any atom is 0.129 e. The Balaban J connectivity index is 1.76. The lowest BCUT2D eigenvalue weighted by Gasteiger charge is -2.06. The Labute approximate surface area is 101 Å². The number of ketones is 1. The largest absolute Gasteiger partial charge is 0.300 e. The summed E-state index contributed by atoms with van der Waals surface area (Å²) in [5.41, 5.74) is 0. The predicted molar refractivity (Wildman–Crippen MR) is 68.1 cm³/mol. The predicted octanol–water partition coefficient (Wildman–Crippen LogP) is 4.10. The molecule has 0 saturated heterocycles. The molecule has 0 N–H and O–H groups in total. The minimum Gasteiger partial charge on any atom is -0.300 e. The van der Waals surface area contributed by atoms with Crippen molar-refractivity contribution in [3.8, 4) is 0 Å². The summed E-state index contributed by atoms with van der Waals surface area (Å²) < 4.78 is 0. The van der Waals surface area contributed by atoms with Gasteiger partial charge in [0.05, 0.1) is 0 Å². The summed E-state index contributed by atoms with van der Waals surface area (Å²) in [7, 11) is 0. The Hall–Kier alpha value is -0.330. The van der Waals surface area contributed by atoms with E-state index in [0.717, 1.165) is 12.8 Å². The maximum absolute atomic E-state index is 10.7. The lowest BCUT2D eigenvalue weighted by Crippen LogP contribution is -1.92. The van der Waals surface area contributed by atoms with E-state index in [0.29, 0.717) is 5.78 Å². The van der Waals surface area contributed by atoms with E-state index in [2.05, 4.69) is 25.7 Å². The van der Waals surface area contributed by atoms with Crippen LogP contribution in [0.1, 0.15) is 58.3 Å². The SMILES string of the molecule is CC(=O)CCCCCCCC[C]1[CH][CH][CH][CH]1. The fraction of sp³-hybridized carbons (Fsp3) is 0.600. The zero-order chi connectivity index (χ0) is 11.6. The van der Waals surface area contributed by atoms with Crippen LogP contribution in [0.3, 0.4) is 0 Å². The van der Waals surface area contributed by atoms with Gasteiger partial charge in [0.2, 0.25) is 0 Å². The molecule has 1 saturated carbocycles. The molecule has 0 spiro atoms. The molecule has 1 aliphatic carbocycles. The van der Waals surface area contributed by atoms with Crippen LogP contribution in [-0.2, 0) is 4.79 Å². The highest BCUT2D eigenvalue weighted by atomic mass is 16.1. The summed E-state index contributed by atoms with van der Waals surface area (Å²) in [5, 5.41) is 0. The molecule has 5 radical (unpaired) electrons. The molecule has 1 nitrogen and oxygen atoms in total. The number of hydrogen-bond acceptors (Lipinski definition) is 1. The highest BCUT2D eigenvalue weighted by Gasteiger charge is 2.15. The molecule has 0 aromatic rings. The van der Waals surface area contributed by atoms with Crippen molar-refractivity contribution in [2.24, 2.45) is 0 Å². The van der Waals surface area contributed by atoms with Crippen LogP contribution in [0.2, 0.25) is 0 Å². The number of carbonyl (C=O) groups is 1. The average molecular weight is 219 g/mol. The van der Waals surface area contributed by atoms with Crippen LogP contribution in [0.25, 0.3) is 0 Å². The number of rotatable bonds is 9. The summed E-state index contributed by atoms with van der Waals surface area (Å²) in [6, 6.07) is 0. The van der Waals surface area contributed by atoms with Crippen LogP contribution in [0, 0.1) is 31.6 Å².